The van der Waals surface area contributed by atoms with Gasteiger partial charge in [-0.2, -0.15) is 0 Å². The first-order chi connectivity index (χ1) is 13.7. The van der Waals surface area contributed by atoms with E-state index in [2.05, 4.69) is 0 Å². The Morgan fingerprint density at radius 3 is 2.54 bits per heavy atom. The summed E-state index contributed by atoms with van der Waals surface area (Å²) < 4.78 is 21.9. The average Bonchev–Trinajstić information content (AvgIpc) is 2.73. The highest BCUT2D eigenvalue weighted by Gasteiger charge is 2.18. The number of esters is 1. The minimum Gasteiger partial charge on any atom is -0.467 e. The molecule has 142 valence electrons. The Bertz CT molecular complexity index is 970. The highest BCUT2D eigenvalue weighted by molar-refractivity contribution is 6.30. The number of hydrogen-bond acceptors (Lipinski definition) is 5. The zero-order valence-corrected chi connectivity index (χ0v) is 15.6. The second-order valence-electron chi connectivity index (χ2n) is 6.18. The van der Waals surface area contributed by atoms with E-state index in [-0.39, 0.29) is 13.4 Å². The second kappa shape index (κ2) is 8.33. The van der Waals surface area contributed by atoms with Gasteiger partial charge in [-0.1, -0.05) is 29.8 Å². The van der Waals surface area contributed by atoms with Crippen LogP contribution in [0.2, 0.25) is 5.02 Å². The zero-order chi connectivity index (χ0) is 19.3. The number of halogens is 1. The summed E-state index contributed by atoms with van der Waals surface area (Å²) in [5.41, 5.74) is 1.98. The molecule has 0 bridgehead atoms. The van der Waals surface area contributed by atoms with E-state index >= 15 is 0 Å². The third-order valence-corrected chi connectivity index (χ3v) is 4.40. The standard InChI is InChI=1S/C22H17ClO5/c23-18-10-16-12-25-14-27-21(16)17(11-18)13-26-22(24)15-6-8-20(9-7-15)28-19-4-2-1-3-5-19/h1-11H,12-14H2. The van der Waals surface area contributed by atoms with Gasteiger partial charge in [0.25, 0.3) is 0 Å². The largest absolute Gasteiger partial charge is 0.467 e. The first-order valence-corrected chi connectivity index (χ1v) is 9.09. The number of para-hydroxylation sites is 1. The SMILES string of the molecule is O=C(OCc1cc(Cl)cc2c1OCOC2)c1ccc(Oc2ccccc2)cc1. The molecule has 0 amide bonds. The van der Waals surface area contributed by atoms with Crippen LogP contribution in [0.15, 0.2) is 66.7 Å². The fourth-order valence-electron chi connectivity index (χ4n) is 2.87. The van der Waals surface area contributed by atoms with E-state index in [9.17, 15) is 4.79 Å². The normalized spacial score (nSPS) is 12.6. The average molecular weight is 397 g/mol. The van der Waals surface area contributed by atoms with Crippen LogP contribution in [-0.4, -0.2) is 12.8 Å². The molecule has 4 rings (SSSR count). The lowest BCUT2D eigenvalue weighted by atomic mass is 10.1. The molecule has 28 heavy (non-hydrogen) atoms. The monoisotopic (exact) mass is 396 g/mol. The number of rotatable bonds is 5. The lowest BCUT2D eigenvalue weighted by Crippen LogP contribution is -2.14. The molecule has 0 unspecified atom stereocenters. The van der Waals surface area contributed by atoms with E-state index in [4.69, 9.17) is 30.5 Å². The van der Waals surface area contributed by atoms with Crippen LogP contribution >= 0.6 is 11.6 Å². The molecule has 1 heterocycles. The summed E-state index contributed by atoms with van der Waals surface area (Å²) >= 11 is 6.13. The predicted octanol–water partition coefficient (Wildman–Crippen LogP) is 5.36. The molecule has 0 N–H and O–H groups in total. The van der Waals surface area contributed by atoms with Crippen molar-refractivity contribution in [2.75, 3.05) is 6.79 Å². The van der Waals surface area contributed by atoms with E-state index in [0.29, 0.717) is 34.3 Å². The summed E-state index contributed by atoms with van der Waals surface area (Å²) in [4.78, 5) is 12.4. The van der Waals surface area contributed by atoms with E-state index < -0.39 is 5.97 Å². The van der Waals surface area contributed by atoms with Crippen LogP contribution in [0.4, 0.5) is 0 Å². The lowest BCUT2D eigenvalue weighted by molar-refractivity contribution is -0.0180. The smallest absolute Gasteiger partial charge is 0.338 e. The van der Waals surface area contributed by atoms with Crippen molar-refractivity contribution < 1.29 is 23.7 Å². The molecular weight excluding hydrogens is 380 g/mol. The van der Waals surface area contributed by atoms with Crippen molar-refractivity contribution in [3.8, 4) is 17.2 Å². The number of benzene rings is 3. The minimum atomic E-state index is -0.438. The van der Waals surface area contributed by atoms with Crippen LogP contribution in [0.3, 0.4) is 0 Å². The quantitative estimate of drug-likeness (QED) is 0.544. The van der Waals surface area contributed by atoms with Gasteiger partial charge in [0.05, 0.1) is 12.2 Å². The van der Waals surface area contributed by atoms with E-state index in [1.54, 1.807) is 36.4 Å². The van der Waals surface area contributed by atoms with Crippen LogP contribution in [0.5, 0.6) is 17.2 Å². The van der Waals surface area contributed by atoms with Crippen molar-refractivity contribution in [3.63, 3.8) is 0 Å². The van der Waals surface area contributed by atoms with Crippen molar-refractivity contribution in [2.24, 2.45) is 0 Å². The van der Waals surface area contributed by atoms with Crippen molar-refractivity contribution in [3.05, 3.63) is 88.4 Å². The molecule has 3 aromatic carbocycles. The van der Waals surface area contributed by atoms with Crippen LogP contribution in [0.25, 0.3) is 0 Å². The molecule has 1 aliphatic heterocycles. The summed E-state index contributed by atoms with van der Waals surface area (Å²) in [5.74, 6) is 1.59. The molecular formula is C22H17ClO5. The Hall–Kier alpha value is -3.02. The van der Waals surface area contributed by atoms with Gasteiger partial charge < -0.3 is 18.9 Å². The number of carbonyl (C=O) groups is 1. The van der Waals surface area contributed by atoms with Crippen LogP contribution < -0.4 is 9.47 Å². The van der Waals surface area contributed by atoms with Gasteiger partial charge in [-0.15, -0.1) is 0 Å². The molecule has 0 radical (unpaired) electrons. The molecule has 0 aromatic heterocycles. The van der Waals surface area contributed by atoms with Gasteiger partial charge in [0.15, 0.2) is 6.79 Å². The maximum Gasteiger partial charge on any atom is 0.338 e. The van der Waals surface area contributed by atoms with Gasteiger partial charge in [0.1, 0.15) is 23.9 Å². The van der Waals surface area contributed by atoms with Gasteiger partial charge >= 0.3 is 5.97 Å². The highest BCUT2D eigenvalue weighted by Crippen LogP contribution is 2.32. The third kappa shape index (κ3) is 4.27. The van der Waals surface area contributed by atoms with Crippen LogP contribution in [0.1, 0.15) is 21.5 Å². The zero-order valence-electron chi connectivity index (χ0n) is 14.9. The van der Waals surface area contributed by atoms with E-state index in [0.717, 1.165) is 11.3 Å². The Morgan fingerprint density at radius 1 is 1.00 bits per heavy atom. The summed E-state index contributed by atoms with van der Waals surface area (Å²) in [7, 11) is 0. The van der Waals surface area contributed by atoms with E-state index in [1.807, 2.05) is 30.3 Å². The Balaban J connectivity index is 1.41. The fourth-order valence-corrected chi connectivity index (χ4v) is 3.14. The molecule has 6 heteroatoms. The number of fused-ring (bicyclic) bond motifs is 1. The molecule has 0 atom stereocenters. The highest BCUT2D eigenvalue weighted by atomic mass is 35.5. The summed E-state index contributed by atoms with van der Waals surface area (Å²) in [5, 5.41) is 0.543. The molecule has 0 saturated heterocycles. The number of carbonyl (C=O) groups excluding carboxylic acids is 1. The van der Waals surface area contributed by atoms with Crippen LogP contribution in [0, 0.1) is 0 Å². The van der Waals surface area contributed by atoms with Crippen molar-refractivity contribution in [2.45, 2.75) is 13.2 Å². The minimum absolute atomic E-state index is 0.0595. The molecule has 0 aliphatic carbocycles. The maximum atomic E-state index is 12.4. The summed E-state index contributed by atoms with van der Waals surface area (Å²) in [6, 6.07) is 19.7. The number of ether oxygens (including phenoxy) is 4. The molecule has 0 fully saturated rings. The third-order valence-electron chi connectivity index (χ3n) is 4.18. The first-order valence-electron chi connectivity index (χ1n) is 8.71. The summed E-state index contributed by atoms with van der Waals surface area (Å²) in [6.45, 7) is 0.641. The molecule has 1 aliphatic rings. The Labute approximate surface area is 167 Å². The first kappa shape index (κ1) is 18.3. The molecule has 0 spiro atoms. The van der Waals surface area contributed by atoms with E-state index in [1.165, 1.54) is 0 Å². The summed E-state index contributed by atoms with van der Waals surface area (Å²) in [6.07, 6.45) is 0. The van der Waals surface area contributed by atoms with Gasteiger partial charge in [0.2, 0.25) is 0 Å². The second-order valence-corrected chi connectivity index (χ2v) is 6.62. The van der Waals surface area contributed by atoms with Gasteiger partial charge in [0, 0.05) is 16.1 Å². The van der Waals surface area contributed by atoms with Gasteiger partial charge in [-0.05, 0) is 48.5 Å². The topological polar surface area (TPSA) is 54.0 Å². The lowest BCUT2D eigenvalue weighted by Gasteiger charge is -2.21. The number of hydrogen-bond donors (Lipinski definition) is 0. The Kier molecular flexibility index (Phi) is 5.46. The molecule has 5 nitrogen and oxygen atoms in total. The van der Waals surface area contributed by atoms with Crippen molar-refractivity contribution in [1.82, 2.24) is 0 Å². The molecule has 3 aromatic rings. The fraction of sp³-hybridized carbons (Fsp3) is 0.136. The predicted molar refractivity (Wildman–Crippen MR) is 104 cm³/mol. The Morgan fingerprint density at radius 2 is 1.75 bits per heavy atom. The molecule has 0 saturated carbocycles. The van der Waals surface area contributed by atoms with Crippen molar-refractivity contribution in [1.29, 1.82) is 0 Å². The van der Waals surface area contributed by atoms with Crippen LogP contribution in [-0.2, 0) is 22.7 Å². The van der Waals surface area contributed by atoms with Gasteiger partial charge in [-0.25, -0.2) is 4.79 Å². The van der Waals surface area contributed by atoms with Crippen molar-refractivity contribution >= 4 is 17.6 Å². The maximum absolute atomic E-state index is 12.4. The van der Waals surface area contributed by atoms with Gasteiger partial charge in [-0.3, -0.25) is 0 Å².